The van der Waals surface area contributed by atoms with Gasteiger partial charge in [0, 0.05) is 72.8 Å². The van der Waals surface area contributed by atoms with Gasteiger partial charge in [-0.1, -0.05) is 30.3 Å². The number of nitrogens with one attached hydrogen (secondary N) is 6. The van der Waals surface area contributed by atoms with E-state index >= 15 is 4.39 Å². The van der Waals surface area contributed by atoms with Crippen molar-refractivity contribution in [3.63, 3.8) is 0 Å². The quantitative estimate of drug-likeness (QED) is 0.0623. The molecule has 0 aliphatic carbocycles. The van der Waals surface area contributed by atoms with Crippen molar-refractivity contribution < 1.29 is 41.5 Å². The number of benzene rings is 4. The van der Waals surface area contributed by atoms with E-state index in [2.05, 4.69) is 21.3 Å². The molecule has 4 aromatic rings. The second-order valence-electron chi connectivity index (χ2n) is 13.5. The molecule has 1 unspecified atom stereocenters. The maximum Gasteiger partial charge on any atom is 0.326 e. The van der Waals surface area contributed by atoms with E-state index in [1.807, 2.05) is 16.9 Å². The number of rotatable bonds is 14. The summed E-state index contributed by atoms with van der Waals surface area (Å²) in [5, 5.41) is 19.5. The van der Waals surface area contributed by atoms with Gasteiger partial charge >= 0.3 is 10.2 Å². The van der Waals surface area contributed by atoms with Crippen molar-refractivity contribution in [1.29, 1.82) is 5.41 Å². The summed E-state index contributed by atoms with van der Waals surface area (Å²) in [4.78, 5) is 63.2. The van der Waals surface area contributed by atoms with Crippen molar-refractivity contribution in [1.82, 2.24) is 20.3 Å². The monoisotopic (exact) mass is 796 g/mol. The summed E-state index contributed by atoms with van der Waals surface area (Å²) in [5.74, 6) is -3.28. The van der Waals surface area contributed by atoms with Gasteiger partial charge in [-0.2, -0.15) is 8.42 Å². The molecule has 6 N–H and O–H groups in total. The van der Waals surface area contributed by atoms with E-state index in [1.54, 1.807) is 42.6 Å². The van der Waals surface area contributed by atoms with Crippen LogP contribution in [0.1, 0.15) is 40.7 Å². The average molecular weight is 797 g/mol. The molecule has 0 radical (unpaired) electrons. The van der Waals surface area contributed by atoms with Crippen LogP contribution in [0.4, 0.5) is 21.5 Å². The van der Waals surface area contributed by atoms with Crippen molar-refractivity contribution in [2.45, 2.75) is 38.5 Å². The van der Waals surface area contributed by atoms with Crippen LogP contribution in [-0.4, -0.2) is 74.7 Å². The van der Waals surface area contributed by atoms with Crippen molar-refractivity contribution in [2.75, 3.05) is 34.6 Å². The van der Waals surface area contributed by atoms with Crippen LogP contribution in [0.15, 0.2) is 84.6 Å². The van der Waals surface area contributed by atoms with Crippen LogP contribution in [0, 0.1) is 11.2 Å². The van der Waals surface area contributed by atoms with E-state index in [0.717, 1.165) is 17.3 Å². The molecule has 7 rings (SSSR count). The zero-order valence-corrected chi connectivity index (χ0v) is 31.1. The van der Waals surface area contributed by atoms with Crippen molar-refractivity contribution in [2.24, 2.45) is 0 Å². The largest absolute Gasteiger partial charge is 0.487 e. The molecule has 2 saturated heterocycles. The normalized spacial score (nSPS) is 17.6. The lowest BCUT2D eigenvalue weighted by atomic mass is 10.0. The Bertz CT molecular complexity index is 2460. The van der Waals surface area contributed by atoms with Crippen LogP contribution >= 0.6 is 0 Å². The van der Waals surface area contributed by atoms with Crippen LogP contribution in [0.2, 0.25) is 0 Å². The third kappa shape index (κ3) is 8.40. The van der Waals surface area contributed by atoms with Crippen LogP contribution < -0.4 is 35.0 Å². The standard InChI is InChI=1S/C39H37FN8O8S/c40-36-29-8-7-28(14-25(29)16-32(56-22-23-4-2-1-3-5-23)37(36)48-21-35(51)46-57(48,54)55)44-34(50)12-13-42-18-24(17-41)19-43-27-6-9-30-26(15-27)20-47(39(30)53)31-10-11-33(49)45-38(31)52/h1-9,14-18,31,41-43H,10-13,19-22H2,(H,44,50)(H,46,51)(H,45,49,52)/b24-18+,41-17?. The number of hydrogen-bond donors (Lipinski definition) is 6. The molecule has 1 atom stereocenters. The minimum absolute atomic E-state index is 0.00902. The highest BCUT2D eigenvalue weighted by atomic mass is 32.2. The van der Waals surface area contributed by atoms with Crippen molar-refractivity contribution in [3.05, 3.63) is 107 Å². The molecule has 5 amide bonds. The minimum Gasteiger partial charge on any atom is -0.487 e. The number of carbonyl (C=O) groups excluding carboxylic acids is 5. The number of imide groups is 1. The zero-order chi connectivity index (χ0) is 40.3. The van der Waals surface area contributed by atoms with E-state index in [-0.39, 0.29) is 74.4 Å². The molecule has 294 valence electrons. The highest BCUT2D eigenvalue weighted by Crippen LogP contribution is 2.40. The number of carbonyl (C=O) groups is 5. The molecule has 3 aliphatic rings. The molecule has 2 fully saturated rings. The maximum absolute atomic E-state index is 16.1. The topological polar surface area (TPSA) is 219 Å². The molecule has 3 heterocycles. The van der Waals surface area contributed by atoms with Gasteiger partial charge in [0.1, 0.15) is 30.6 Å². The maximum atomic E-state index is 16.1. The molecular formula is C39H37FN8O8S. The molecule has 0 saturated carbocycles. The number of halogens is 1. The first-order valence-corrected chi connectivity index (χ1v) is 19.3. The second kappa shape index (κ2) is 16.1. The van der Waals surface area contributed by atoms with Gasteiger partial charge in [0.05, 0.1) is 0 Å². The molecule has 3 aliphatic heterocycles. The first kappa shape index (κ1) is 38.5. The molecule has 0 bridgehead atoms. The Balaban J connectivity index is 0.952. The van der Waals surface area contributed by atoms with Crippen LogP contribution in [0.25, 0.3) is 10.8 Å². The molecule has 16 nitrogen and oxygen atoms in total. The highest BCUT2D eigenvalue weighted by Gasteiger charge is 2.40. The Morgan fingerprint density at radius 1 is 0.982 bits per heavy atom. The number of ether oxygens (including phenoxy) is 1. The third-order valence-corrected chi connectivity index (χ3v) is 11.0. The van der Waals surface area contributed by atoms with Gasteiger partial charge in [-0.15, -0.1) is 0 Å². The predicted molar refractivity (Wildman–Crippen MR) is 208 cm³/mol. The smallest absolute Gasteiger partial charge is 0.326 e. The zero-order valence-electron chi connectivity index (χ0n) is 30.3. The van der Waals surface area contributed by atoms with Crippen molar-refractivity contribution >= 4 is 73.8 Å². The summed E-state index contributed by atoms with van der Waals surface area (Å²) in [6.07, 6.45) is 3.25. The van der Waals surface area contributed by atoms with Gasteiger partial charge in [-0.3, -0.25) is 29.3 Å². The first-order chi connectivity index (χ1) is 27.4. The number of amides is 5. The molecule has 4 aromatic carbocycles. The van der Waals surface area contributed by atoms with Gasteiger partial charge in [0.25, 0.3) is 11.8 Å². The van der Waals surface area contributed by atoms with Gasteiger partial charge in [0.15, 0.2) is 5.82 Å². The summed E-state index contributed by atoms with van der Waals surface area (Å²) in [7, 11) is -4.35. The average Bonchev–Trinajstić information content (AvgIpc) is 3.65. The summed E-state index contributed by atoms with van der Waals surface area (Å²) in [5.41, 5.74) is 3.20. The summed E-state index contributed by atoms with van der Waals surface area (Å²) >= 11 is 0. The summed E-state index contributed by atoms with van der Waals surface area (Å²) < 4.78 is 49.9. The fourth-order valence-electron chi connectivity index (χ4n) is 6.77. The lowest BCUT2D eigenvalue weighted by Gasteiger charge is -2.29. The van der Waals surface area contributed by atoms with E-state index in [9.17, 15) is 32.4 Å². The van der Waals surface area contributed by atoms with Crippen LogP contribution in [0.5, 0.6) is 5.75 Å². The van der Waals surface area contributed by atoms with Gasteiger partial charge in [0.2, 0.25) is 17.7 Å². The number of anilines is 3. The van der Waals surface area contributed by atoms with Gasteiger partial charge in [-0.05, 0) is 65.4 Å². The molecule has 57 heavy (non-hydrogen) atoms. The fraction of sp³-hybridized carbons (Fsp3) is 0.231. The van der Waals surface area contributed by atoms with E-state index in [1.165, 1.54) is 29.2 Å². The van der Waals surface area contributed by atoms with E-state index in [4.69, 9.17) is 10.1 Å². The number of hydrogen-bond acceptors (Lipinski definition) is 11. The van der Waals surface area contributed by atoms with E-state index in [0.29, 0.717) is 32.2 Å². The van der Waals surface area contributed by atoms with Crippen LogP contribution in [0.3, 0.4) is 0 Å². The Morgan fingerprint density at radius 3 is 2.51 bits per heavy atom. The van der Waals surface area contributed by atoms with E-state index < -0.39 is 46.1 Å². The fourth-order valence-corrected chi connectivity index (χ4v) is 7.93. The van der Waals surface area contributed by atoms with Gasteiger partial charge in [-0.25, -0.2) is 13.4 Å². The summed E-state index contributed by atoms with van der Waals surface area (Å²) in [6, 6.07) is 19.4. The summed E-state index contributed by atoms with van der Waals surface area (Å²) in [6.45, 7) is 0.0922. The molecule has 0 aromatic heterocycles. The Labute approximate surface area is 326 Å². The van der Waals surface area contributed by atoms with Crippen LogP contribution in [-0.2, 0) is 42.5 Å². The Kier molecular flexibility index (Phi) is 10.9. The lowest BCUT2D eigenvalue weighted by molar-refractivity contribution is -0.137. The Hall–Kier alpha value is -6.82. The third-order valence-electron chi connectivity index (χ3n) is 9.60. The number of fused-ring (bicyclic) bond motifs is 2. The molecular weight excluding hydrogens is 760 g/mol. The lowest BCUT2D eigenvalue weighted by Crippen LogP contribution is -2.52. The molecule has 18 heteroatoms. The SMILES string of the molecule is N=C/C(=C\NCCC(=O)Nc1ccc2c(F)c(N3CC(=O)NS3(=O)=O)c(OCc3ccccc3)cc2c1)CNc1ccc2c(c1)CN(C1CCC(=O)NC1=O)C2=O. The predicted octanol–water partition coefficient (Wildman–Crippen LogP) is 3.06. The second-order valence-corrected chi connectivity index (χ2v) is 15.1. The molecule has 0 spiro atoms. The number of nitrogens with zero attached hydrogens (tertiary/aromatic N) is 2. The van der Waals surface area contributed by atoms with Gasteiger partial charge < -0.3 is 31.0 Å². The van der Waals surface area contributed by atoms with Crippen molar-refractivity contribution in [3.8, 4) is 5.75 Å². The Morgan fingerprint density at radius 2 is 1.77 bits per heavy atom. The highest BCUT2D eigenvalue weighted by molar-refractivity contribution is 7.92. The number of piperidine rings is 1. The first-order valence-electron chi connectivity index (χ1n) is 17.9. The minimum atomic E-state index is -4.35.